The van der Waals surface area contributed by atoms with E-state index in [0.717, 1.165) is 0 Å². The third-order valence-electron chi connectivity index (χ3n) is 0.1000. The van der Waals surface area contributed by atoms with Crippen molar-refractivity contribution >= 4 is 0 Å². The summed E-state index contributed by atoms with van der Waals surface area (Å²) >= 11 is 0. The van der Waals surface area contributed by atoms with Gasteiger partial charge in [-0.05, 0) is 0 Å². The van der Waals surface area contributed by atoms with Crippen LogP contribution in [0, 0.1) is 30.6 Å². The van der Waals surface area contributed by atoms with Crippen molar-refractivity contribution in [2.45, 2.75) is 0 Å². The molecular formula is C2H6FeN2O8. The van der Waals surface area contributed by atoms with Gasteiger partial charge in [0, 0.05) is 0 Å². The van der Waals surface area contributed by atoms with Crippen LogP contribution in [0.15, 0.2) is 0 Å². The van der Waals surface area contributed by atoms with Crippen LogP contribution in [0.5, 0.6) is 0 Å². The average molecular weight is 242 g/mol. The van der Waals surface area contributed by atoms with Crippen LogP contribution in [0.4, 0.5) is 0 Å². The van der Waals surface area contributed by atoms with Crippen LogP contribution in [0.25, 0.3) is 0 Å². The number of aliphatic hydroxyl groups is 2. The van der Waals surface area contributed by atoms with Gasteiger partial charge in [0.15, 0.2) is 0 Å². The van der Waals surface area contributed by atoms with E-state index in [0.29, 0.717) is 0 Å². The van der Waals surface area contributed by atoms with E-state index in [2.05, 4.69) is 0 Å². The van der Waals surface area contributed by atoms with Gasteiger partial charge in [-0.25, -0.2) is 0 Å². The zero-order chi connectivity index (χ0) is 10.6. The van der Waals surface area contributed by atoms with Gasteiger partial charge in [0.2, 0.25) is 0 Å². The first kappa shape index (κ1) is 22.6. The van der Waals surface area contributed by atoms with Crippen molar-refractivity contribution in [1.29, 1.82) is 0 Å². The summed E-state index contributed by atoms with van der Waals surface area (Å²) in [5.41, 5.74) is 0. The van der Waals surface area contributed by atoms with Gasteiger partial charge >= 0.3 is 17.1 Å². The summed E-state index contributed by atoms with van der Waals surface area (Å²) in [5.74, 6) is 0. The summed E-state index contributed by atoms with van der Waals surface area (Å²) in [6.07, 6.45) is 0. The summed E-state index contributed by atoms with van der Waals surface area (Å²) in [4.78, 5) is 16.5. The molecule has 0 aromatic carbocycles. The molecule has 0 atom stereocenters. The molecule has 0 fully saturated rings. The number of aliphatic hydroxyl groups excluding tert-OH is 2. The van der Waals surface area contributed by atoms with Gasteiger partial charge in [0.25, 0.3) is 0 Å². The van der Waals surface area contributed by atoms with Crippen molar-refractivity contribution in [3.8, 4) is 0 Å². The van der Waals surface area contributed by atoms with Crippen molar-refractivity contribution in [3.05, 3.63) is 30.6 Å². The first-order valence-electron chi connectivity index (χ1n) is 2.23. The van der Waals surface area contributed by atoms with Gasteiger partial charge in [-0.15, -0.1) is 0 Å². The quantitative estimate of drug-likeness (QED) is 0.317. The smallest absolute Gasteiger partial charge is 0.394 e. The minimum atomic E-state index is -1.75. The van der Waals surface area contributed by atoms with Gasteiger partial charge in [0.1, 0.15) is 0 Å². The van der Waals surface area contributed by atoms with Gasteiger partial charge < -0.3 is 40.9 Å². The first-order chi connectivity index (χ1) is 5.38. The fraction of sp³-hybridized carbons (Fsp3) is 1.00. The molecule has 0 aromatic rings. The standard InChI is InChI=1S/C2H6O2.Fe.2NO3/c3-1-2-4;;2*2-1(3)4/h3-4H,1-2H2;;;/q;+2;2*-1. The van der Waals surface area contributed by atoms with Gasteiger partial charge in [0.05, 0.1) is 23.4 Å². The predicted molar refractivity (Wildman–Crippen MR) is 34.9 cm³/mol. The van der Waals surface area contributed by atoms with E-state index >= 15 is 0 Å². The van der Waals surface area contributed by atoms with E-state index in [1.807, 2.05) is 0 Å². The molecule has 0 aliphatic carbocycles. The second kappa shape index (κ2) is 22.4. The minimum absolute atomic E-state index is 0. The van der Waals surface area contributed by atoms with Crippen LogP contribution in [0.3, 0.4) is 0 Å². The molecule has 0 aliphatic heterocycles. The number of hydrogen-bond acceptors (Lipinski definition) is 8. The maximum absolute atomic E-state index is 8.25. The largest absolute Gasteiger partial charge is 2.00 e. The van der Waals surface area contributed by atoms with Crippen molar-refractivity contribution in [1.82, 2.24) is 0 Å². The van der Waals surface area contributed by atoms with Gasteiger partial charge in [-0.2, -0.15) is 0 Å². The molecule has 0 bridgehead atoms. The van der Waals surface area contributed by atoms with Crippen LogP contribution in [0.2, 0.25) is 0 Å². The minimum Gasteiger partial charge on any atom is -0.394 e. The number of nitrogens with zero attached hydrogens (tertiary/aromatic N) is 2. The topological polar surface area (TPSA) is 173 Å². The van der Waals surface area contributed by atoms with E-state index in [1.165, 1.54) is 0 Å². The van der Waals surface area contributed by atoms with E-state index in [1.54, 1.807) is 0 Å². The molecule has 0 heterocycles. The summed E-state index contributed by atoms with van der Waals surface area (Å²) in [7, 11) is 0. The first-order valence-corrected chi connectivity index (χ1v) is 2.23. The van der Waals surface area contributed by atoms with E-state index < -0.39 is 10.2 Å². The molecule has 0 aliphatic rings. The molecule has 2 N–H and O–H groups in total. The summed E-state index contributed by atoms with van der Waals surface area (Å²) in [5, 5.41) is 44.8. The Morgan fingerprint density at radius 2 is 0.923 bits per heavy atom. The Kier molecular flexibility index (Phi) is 39.1. The molecule has 0 amide bonds. The second-order valence-corrected chi connectivity index (χ2v) is 0.894. The predicted octanol–water partition coefficient (Wildman–Crippen LogP) is -1.51. The summed E-state index contributed by atoms with van der Waals surface area (Å²) < 4.78 is 0. The maximum atomic E-state index is 8.25. The zero-order valence-corrected chi connectivity index (χ0v) is 7.11. The molecule has 0 rings (SSSR count). The van der Waals surface area contributed by atoms with Crippen molar-refractivity contribution < 1.29 is 37.5 Å². The normalized spacial score (nSPS) is 6.00. The third kappa shape index (κ3) is 32900. The molecule has 11 heteroatoms. The van der Waals surface area contributed by atoms with Crippen LogP contribution in [-0.4, -0.2) is 33.6 Å². The van der Waals surface area contributed by atoms with E-state index in [-0.39, 0.29) is 30.3 Å². The Hall–Kier alpha value is -1.16. The van der Waals surface area contributed by atoms with Crippen LogP contribution >= 0.6 is 0 Å². The molecule has 10 nitrogen and oxygen atoms in total. The fourth-order valence-electron chi connectivity index (χ4n) is 0. The van der Waals surface area contributed by atoms with Crippen LogP contribution < -0.4 is 0 Å². The molecule has 80 valence electrons. The molecule has 0 radical (unpaired) electrons. The Labute approximate surface area is 82.1 Å². The molecule has 0 saturated heterocycles. The zero-order valence-electron chi connectivity index (χ0n) is 6.01. The van der Waals surface area contributed by atoms with Crippen molar-refractivity contribution in [2.75, 3.05) is 13.2 Å². The second-order valence-electron chi connectivity index (χ2n) is 0.894. The average Bonchev–Trinajstić information content (AvgIpc) is 1.85. The van der Waals surface area contributed by atoms with Crippen molar-refractivity contribution in [2.24, 2.45) is 0 Å². The van der Waals surface area contributed by atoms with Gasteiger partial charge in [-0.1, -0.05) is 0 Å². The Morgan fingerprint density at radius 3 is 0.923 bits per heavy atom. The number of hydrogen-bond donors (Lipinski definition) is 2. The van der Waals surface area contributed by atoms with Gasteiger partial charge in [-0.3, -0.25) is 0 Å². The number of rotatable bonds is 1. The van der Waals surface area contributed by atoms with Crippen LogP contribution in [0.1, 0.15) is 0 Å². The molecule has 0 spiro atoms. The molecule has 0 aromatic heterocycles. The maximum Gasteiger partial charge on any atom is 2.00 e. The Bertz CT molecular complexity index is 96.7. The molecule has 13 heavy (non-hydrogen) atoms. The van der Waals surface area contributed by atoms with Crippen LogP contribution in [-0.2, 0) is 17.1 Å². The molecular weight excluding hydrogens is 236 g/mol. The summed E-state index contributed by atoms with van der Waals surface area (Å²) in [6, 6.07) is 0. The Morgan fingerprint density at radius 1 is 0.846 bits per heavy atom. The monoisotopic (exact) mass is 242 g/mol. The van der Waals surface area contributed by atoms with Crippen molar-refractivity contribution in [3.63, 3.8) is 0 Å². The van der Waals surface area contributed by atoms with E-state index in [4.69, 9.17) is 40.9 Å². The fourth-order valence-corrected chi connectivity index (χ4v) is 0. The Balaban J connectivity index is -0.0000000450. The summed E-state index contributed by atoms with van der Waals surface area (Å²) in [6.45, 7) is -0.250. The molecule has 0 saturated carbocycles. The van der Waals surface area contributed by atoms with E-state index in [9.17, 15) is 0 Å². The SMILES string of the molecule is O=[N+]([O-])[O-].O=[N+]([O-])[O-].OCCO.[Fe+2]. The third-order valence-corrected chi connectivity index (χ3v) is 0.1000. The molecule has 0 unspecified atom stereocenters.